The Labute approximate surface area is 224 Å². The normalized spacial score (nSPS) is 23.7. The molecule has 4 atom stereocenters. The zero-order chi connectivity index (χ0) is 26.2. The molecule has 2 aliphatic heterocycles. The summed E-state index contributed by atoms with van der Waals surface area (Å²) in [5.41, 5.74) is 5.90. The molecule has 2 saturated heterocycles. The summed E-state index contributed by atoms with van der Waals surface area (Å²) < 4.78 is 11.3. The van der Waals surface area contributed by atoms with Crippen LogP contribution in [0, 0.1) is 0 Å². The third kappa shape index (κ3) is 5.08. The number of ether oxygens (including phenoxy) is 2. The van der Waals surface area contributed by atoms with Gasteiger partial charge in [-0.25, -0.2) is 4.98 Å². The minimum Gasteiger partial charge on any atom is -0.459 e. The number of rotatable bonds is 6. The number of β-amino-alcohol motifs (C(OH)–C–C–N with tert-alkyl or cyclic N) is 1. The molecule has 2 aliphatic rings. The van der Waals surface area contributed by atoms with Crippen LogP contribution in [-0.2, 0) is 4.74 Å². The molecular weight excluding hydrogens is 508 g/mol. The molecule has 0 unspecified atom stereocenters. The second-order valence-electron chi connectivity index (χ2n) is 9.84. The van der Waals surface area contributed by atoms with Crippen molar-refractivity contribution >= 4 is 28.5 Å². The molecule has 2 fully saturated rings. The number of aliphatic hydroxyl groups is 3. The number of aliphatic hydroxyl groups excluding tert-OH is 3. The summed E-state index contributed by atoms with van der Waals surface area (Å²) in [4.78, 5) is 14.4. The third-order valence-electron chi connectivity index (χ3n) is 7.18. The lowest BCUT2D eigenvalue weighted by atomic mass is 10.0. The molecule has 198 valence electrons. The predicted octanol–water partition coefficient (Wildman–Crippen LogP) is 3.41. The molecule has 4 aromatic rings. The number of imidazole rings is 1. The van der Waals surface area contributed by atoms with Crippen LogP contribution in [0.15, 0.2) is 54.6 Å². The lowest BCUT2D eigenvalue weighted by Gasteiger charge is -2.31. The van der Waals surface area contributed by atoms with Gasteiger partial charge < -0.3 is 34.7 Å². The zero-order valence-electron chi connectivity index (χ0n) is 20.6. The van der Waals surface area contributed by atoms with Gasteiger partial charge in [0.15, 0.2) is 5.65 Å². The summed E-state index contributed by atoms with van der Waals surface area (Å²) in [6, 6.07) is 18.5. The number of pyridine rings is 1. The Morgan fingerprint density at radius 1 is 1.03 bits per heavy atom. The molecule has 0 radical (unpaired) electrons. The smallest absolute Gasteiger partial charge is 0.296 e. The van der Waals surface area contributed by atoms with Crippen LogP contribution in [0.4, 0.5) is 5.69 Å². The first-order chi connectivity index (χ1) is 18.5. The maximum absolute atomic E-state index is 10.1. The van der Waals surface area contributed by atoms with Crippen molar-refractivity contribution in [2.24, 2.45) is 0 Å². The van der Waals surface area contributed by atoms with E-state index >= 15 is 0 Å². The number of fused-ring (bicyclic) bond motifs is 1. The second-order valence-corrected chi connectivity index (χ2v) is 10.2. The van der Waals surface area contributed by atoms with Crippen LogP contribution in [0.3, 0.4) is 0 Å². The Morgan fingerprint density at radius 3 is 2.39 bits per heavy atom. The number of hydrogen-bond acceptors (Lipinski definition) is 8. The SMILES string of the molecule is OC[C@H]1OC[C@H](Oc2nc3nc(-c4ccc(-c5ccc(N6CC[C@@H](O)C6)cc5)cc4)c(Cl)cc3[nH]2)C[C@@H]1O. The lowest BCUT2D eigenvalue weighted by molar-refractivity contribution is -0.131. The molecule has 0 amide bonds. The molecule has 38 heavy (non-hydrogen) atoms. The van der Waals surface area contributed by atoms with E-state index in [1.807, 2.05) is 24.3 Å². The number of hydrogen-bond donors (Lipinski definition) is 4. The van der Waals surface area contributed by atoms with Gasteiger partial charge in [0.1, 0.15) is 12.2 Å². The van der Waals surface area contributed by atoms with Crippen LogP contribution in [0.1, 0.15) is 12.8 Å². The topological polar surface area (TPSA) is 124 Å². The van der Waals surface area contributed by atoms with Gasteiger partial charge in [-0.3, -0.25) is 0 Å². The molecule has 4 N–H and O–H groups in total. The predicted molar refractivity (Wildman–Crippen MR) is 144 cm³/mol. The molecule has 6 rings (SSSR count). The van der Waals surface area contributed by atoms with Crippen LogP contribution >= 0.6 is 11.6 Å². The first-order valence-corrected chi connectivity index (χ1v) is 13.1. The van der Waals surface area contributed by atoms with Crippen molar-refractivity contribution in [1.82, 2.24) is 15.0 Å². The number of aromatic amines is 1. The van der Waals surface area contributed by atoms with E-state index in [-0.39, 0.29) is 25.3 Å². The number of nitrogens with zero attached hydrogens (tertiary/aromatic N) is 3. The van der Waals surface area contributed by atoms with E-state index in [4.69, 9.17) is 21.1 Å². The van der Waals surface area contributed by atoms with E-state index in [2.05, 4.69) is 44.1 Å². The van der Waals surface area contributed by atoms with Gasteiger partial charge in [0.25, 0.3) is 6.01 Å². The van der Waals surface area contributed by atoms with Crippen molar-refractivity contribution in [1.29, 1.82) is 0 Å². The van der Waals surface area contributed by atoms with E-state index in [1.165, 1.54) is 0 Å². The quantitative estimate of drug-likeness (QED) is 0.295. The van der Waals surface area contributed by atoms with Crippen LogP contribution in [0.25, 0.3) is 33.5 Å². The molecule has 0 spiro atoms. The summed E-state index contributed by atoms with van der Waals surface area (Å²) in [5, 5.41) is 29.6. The molecule has 0 aliphatic carbocycles. The molecule has 10 heteroatoms. The van der Waals surface area contributed by atoms with E-state index in [1.54, 1.807) is 6.07 Å². The van der Waals surface area contributed by atoms with E-state index < -0.39 is 18.3 Å². The average molecular weight is 537 g/mol. The lowest BCUT2D eigenvalue weighted by Crippen LogP contribution is -2.45. The van der Waals surface area contributed by atoms with Gasteiger partial charge in [0.05, 0.1) is 41.7 Å². The largest absolute Gasteiger partial charge is 0.459 e. The molecule has 0 bridgehead atoms. The van der Waals surface area contributed by atoms with Crippen molar-refractivity contribution in [3.8, 4) is 28.4 Å². The minimum atomic E-state index is -0.803. The summed E-state index contributed by atoms with van der Waals surface area (Å²) in [5.74, 6) is 0. The Morgan fingerprint density at radius 2 is 1.74 bits per heavy atom. The van der Waals surface area contributed by atoms with Gasteiger partial charge in [0, 0.05) is 30.8 Å². The van der Waals surface area contributed by atoms with Gasteiger partial charge in [-0.1, -0.05) is 48.0 Å². The fourth-order valence-electron chi connectivity index (χ4n) is 5.06. The summed E-state index contributed by atoms with van der Waals surface area (Å²) >= 11 is 6.59. The zero-order valence-corrected chi connectivity index (χ0v) is 21.4. The van der Waals surface area contributed by atoms with Crippen LogP contribution < -0.4 is 9.64 Å². The van der Waals surface area contributed by atoms with Crippen LogP contribution in [0.5, 0.6) is 6.01 Å². The van der Waals surface area contributed by atoms with Gasteiger partial charge in [-0.15, -0.1) is 0 Å². The third-order valence-corrected chi connectivity index (χ3v) is 7.47. The molecule has 2 aromatic carbocycles. The second kappa shape index (κ2) is 10.5. The standard InChI is InChI=1S/C28H29ClN4O5/c29-22-12-23-27(32-28(30-23)38-21-11-24(36)25(14-34)37-15-21)31-26(22)18-3-1-16(2-4-18)17-5-7-19(8-6-17)33-10-9-20(35)13-33/h1-8,12,20-21,24-25,34-36H,9-11,13-15H2,(H,30,31,32)/t20-,21-,24+,25-/m1/s1. The van der Waals surface area contributed by atoms with E-state index in [0.29, 0.717) is 34.8 Å². The molecule has 4 heterocycles. The minimum absolute atomic E-state index is 0.235. The van der Waals surface area contributed by atoms with Crippen molar-refractivity contribution in [3.05, 3.63) is 59.6 Å². The Balaban J connectivity index is 1.17. The van der Waals surface area contributed by atoms with Crippen molar-refractivity contribution in [2.45, 2.75) is 37.3 Å². The summed E-state index contributed by atoms with van der Waals surface area (Å²) in [7, 11) is 0. The van der Waals surface area contributed by atoms with Crippen LogP contribution in [0.2, 0.25) is 5.02 Å². The highest BCUT2D eigenvalue weighted by Crippen LogP contribution is 2.32. The number of benzene rings is 2. The highest BCUT2D eigenvalue weighted by Gasteiger charge is 2.31. The maximum Gasteiger partial charge on any atom is 0.296 e. The average Bonchev–Trinajstić information content (AvgIpc) is 3.53. The van der Waals surface area contributed by atoms with Gasteiger partial charge in [0.2, 0.25) is 0 Å². The summed E-state index contributed by atoms with van der Waals surface area (Å²) in [6.45, 7) is 1.57. The van der Waals surface area contributed by atoms with Crippen molar-refractivity contribution < 1.29 is 24.8 Å². The fraction of sp³-hybridized carbons (Fsp3) is 0.357. The number of anilines is 1. The Kier molecular flexibility index (Phi) is 6.94. The Bertz CT molecular complexity index is 1410. The molecule has 0 saturated carbocycles. The summed E-state index contributed by atoms with van der Waals surface area (Å²) in [6.07, 6.45) is -0.899. The van der Waals surface area contributed by atoms with Gasteiger partial charge in [-0.05, 0) is 35.7 Å². The number of H-pyrrole nitrogens is 1. The molecule has 9 nitrogen and oxygen atoms in total. The molecule has 2 aromatic heterocycles. The fourth-order valence-corrected chi connectivity index (χ4v) is 5.32. The number of nitrogens with one attached hydrogen (secondary N) is 1. The highest BCUT2D eigenvalue weighted by molar-refractivity contribution is 6.33. The van der Waals surface area contributed by atoms with Gasteiger partial charge >= 0.3 is 0 Å². The maximum atomic E-state index is 10.1. The first kappa shape index (κ1) is 25.1. The van der Waals surface area contributed by atoms with E-state index in [0.717, 1.165) is 35.3 Å². The van der Waals surface area contributed by atoms with Crippen molar-refractivity contribution in [2.75, 3.05) is 31.2 Å². The molecular formula is C28H29ClN4O5. The van der Waals surface area contributed by atoms with E-state index in [9.17, 15) is 15.3 Å². The van der Waals surface area contributed by atoms with Crippen molar-refractivity contribution in [3.63, 3.8) is 0 Å². The highest BCUT2D eigenvalue weighted by atomic mass is 35.5. The Hall–Kier alpha value is -3.21. The number of halogens is 1. The van der Waals surface area contributed by atoms with Gasteiger partial charge in [-0.2, -0.15) is 4.98 Å². The number of aromatic nitrogens is 3. The first-order valence-electron chi connectivity index (χ1n) is 12.7. The van der Waals surface area contributed by atoms with Crippen LogP contribution in [-0.4, -0.2) is 81.0 Å². The monoisotopic (exact) mass is 536 g/mol.